The number of hydrogen-bond donors (Lipinski definition) is 1. The number of aliphatic hydroxyl groups excluding tert-OH is 1. The quantitative estimate of drug-likeness (QED) is 0.843. The Balaban J connectivity index is 2.34. The molecular formula is C14H11BrO. The van der Waals surface area contributed by atoms with Gasteiger partial charge in [0.05, 0.1) is 6.61 Å². The molecule has 1 N–H and O–H groups in total. The average Bonchev–Trinajstić information content (AvgIpc) is 2.65. The molecule has 0 saturated heterocycles. The lowest BCUT2D eigenvalue weighted by Gasteiger charge is -2.10. The molecule has 1 nitrogen and oxygen atoms in total. The molecule has 1 unspecified atom stereocenters. The molecule has 2 aromatic carbocycles. The average molecular weight is 275 g/mol. The molecule has 2 aromatic rings. The van der Waals surface area contributed by atoms with Crippen molar-refractivity contribution in [2.24, 2.45) is 0 Å². The van der Waals surface area contributed by atoms with Gasteiger partial charge in [-0.05, 0) is 28.3 Å². The minimum absolute atomic E-state index is 0.113. The van der Waals surface area contributed by atoms with Gasteiger partial charge in [0.2, 0.25) is 0 Å². The maximum atomic E-state index is 9.56. The number of halogens is 1. The smallest absolute Gasteiger partial charge is 0.0541 e. The Kier molecular flexibility index (Phi) is 2.34. The second-order valence-electron chi connectivity index (χ2n) is 4.02. The van der Waals surface area contributed by atoms with Gasteiger partial charge in [-0.25, -0.2) is 0 Å². The Morgan fingerprint density at radius 2 is 1.75 bits per heavy atom. The molecule has 16 heavy (non-hydrogen) atoms. The van der Waals surface area contributed by atoms with Crippen molar-refractivity contribution in [1.82, 2.24) is 0 Å². The number of benzene rings is 2. The summed E-state index contributed by atoms with van der Waals surface area (Å²) >= 11 is 3.58. The van der Waals surface area contributed by atoms with Crippen LogP contribution in [0.5, 0.6) is 0 Å². The first-order chi connectivity index (χ1) is 7.83. The van der Waals surface area contributed by atoms with E-state index in [9.17, 15) is 5.11 Å². The Hall–Kier alpha value is -1.12. The summed E-state index contributed by atoms with van der Waals surface area (Å²) in [5.74, 6) is 0.113. The molecule has 0 heterocycles. The van der Waals surface area contributed by atoms with Gasteiger partial charge in [-0.3, -0.25) is 0 Å². The normalized spacial score (nSPS) is 17.0. The first-order valence-corrected chi connectivity index (χ1v) is 6.11. The maximum Gasteiger partial charge on any atom is 0.0541 e. The molecule has 0 amide bonds. The van der Waals surface area contributed by atoms with Crippen LogP contribution in [0.1, 0.15) is 17.0 Å². The summed E-state index contributed by atoms with van der Waals surface area (Å²) in [7, 11) is 0. The summed E-state index contributed by atoms with van der Waals surface area (Å²) in [6.07, 6.45) is 0. The van der Waals surface area contributed by atoms with Crippen molar-refractivity contribution in [3.8, 4) is 11.1 Å². The third-order valence-corrected chi connectivity index (χ3v) is 3.90. The lowest BCUT2D eigenvalue weighted by Crippen LogP contribution is -2.02. The molecule has 0 fully saturated rings. The van der Waals surface area contributed by atoms with E-state index in [4.69, 9.17) is 0 Å². The fourth-order valence-electron chi connectivity index (χ4n) is 2.52. The van der Waals surface area contributed by atoms with Gasteiger partial charge >= 0.3 is 0 Å². The predicted octanol–water partition coefficient (Wildman–Crippen LogP) is 3.55. The van der Waals surface area contributed by atoms with Crippen molar-refractivity contribution >= 4 is 15.9 Å². The molecule has 0 spiro atoms. The highest BCUT2D eigenvalue weighted by Crippen LogP contribution is 2.47. The third kappa shape index (κ3) is 1.27. The molecule has 80 valence electrons. The van der Waals surface area contributed by atoms with Crippen LogP contribution < -0.4 is 0 Å². The first kappa shape index (κ1) is 10.1. The van der Waals surface area contributed by atoms with Crippen molar-refractivity contribution in [2.45, 2.75) is 5.92 Å². The lowest BCUT2D eigenvalue weighted by molar-refractivity contribution is 0.282. The molecule has 0 saturated carbocycles. The zero-order valence-corrected chi connectivity index (χ0v) is 10.2. The van der Waals surface area contributed by atoms with Crippen LogP contribution in [0.25, 0.3) is 11.1 Å². The van der Waals surface area contributed by atoms with Gasteiger partial charge in [0.15, 0.2) is 0 Å². The SMILES string of the molecule is OCC1c2ccccc2-c2cccc(Br)c21. The number of rotatable bonds is 1. The molecular weight excluding hydrogens is 264 g/mol. The molecule has 1 atom stereocenters. The Morgan fingerprint density at radius 1 is 1.00 bits per heavy atom. The molecule has 3 rings (SSSR count). The van der Waals surface area contributed by atoms with Crippen LogP contribution in [0, 0.1) is 0 Å². The standard InChI is InChI=1S/C14H11BrO/c15-13-7-3-6-11-9-4-1-2-5-10(9)12(8-16)14(11)13/h1-7,12,16H,8H2. The third-order valence-electron chi connectivity index (χ3n) is 3.21. The van der Waals surface area contributed by atoms with Crippen molar-refractivity contribution in [2.75, 3.05) is 6.61 Å². The van der Waals surface area contributed by atoms with Crippen molar-refractivity contribution in [3.05, 3.63) is 58.1 Å². The van der Waals surface area contributed by atoms with Crippen LogP contribution in [-0.4, -0.2) is 11.7 Å². The van der Waals surface area contributed by atoms with E-state index in [2.05, 4.69) is 34.1 Å². The van der Waals surface area contributed by atoms with Crippen molar-refractivity contribution < 1.29 is 5.11 Å². The minimum atomic E-state index is 0.113. The Morgan fingerprint density at radius 3 is 2.56 bits per heavy atom. The number of aliphatic hydroxyl groups is 1. The predicted molar refractivity (Wildman–Crippen MR) is 68.5 cm³/mol. The fourth-order valence-corrected chi connectivity index (χ4v) is 3.16. The summed E-state index contributed by atoms with van der Waals surface area (Å²) in [5, 5.41) is 9.56. The first-order valence-electron chi connectivity index (χ1n) is 5.31. The zero-order valence-electron chi connectivity index (χ0n) is 8.65. The highest BCUT2D eigenvalue weighted by molar-refractivity contribution is 9.10. The summed E-state index contributed by atoms with van der Waals surface area (Å²) in [5.41, 5.74) is 4.93. The zero-order chi connectivity index (χ0) is 11.1. The van der Waals surface area contributed by atoms with E-state index in [-0.39, 0.29) is 12.5 Å². The second kappa shape index (κ2) is 3.72. The summed E-state index contributed by atoms with van der Waals surface area (Å²) < 4.78 is 1.08. The van der Waals surface area contributed by atoms with E-state index in [1.165, 1.54) is 22.3 Å². The van der Waals surface area contributed by atoms with Gasteiger partial charge in [-0.15, -0.1) is 0 Å². The van der Waals surface area contributed by atoms with Gasteiger partial charge in [-0.2, -0.15) is 0 Å². The lowest BCUT2D eigenvalue weighted by atomic mass is 9.98. The number of fused-ring (bicyclic) bond motifs is 3. The van der Waals surface area contributed by atoms with Gasteiger partial charge < -0.3 is 5.11 Å². The molecule has 0 bridgehead atoms. The summed E-state index contributed by atoms with van der Waals surface area (Å²) in [6, 6.07) is 14.5. The molecule has 2 heteroatoms. The topological polar surface area (TPSA) is 20.2 Å². The van der Waals surface area contributed by atoms with E-state index < -0.39 is 0 Å². The Bertz CT molecular complexity index is 548. The molecule has 1 aliphatic carbocycles. The van der Waals surface area contributed by atoms with Crippen LogP contribution in [0.3, 0.4) is 0 Å². The maximum absolute atomic E-state index is 9.56. The fraction of sp³-hybridized carbons (Fsp3) is 0.143. The number of hydrogen-bond acceptors (Lipinski definition) is 1. The van der Waals surface area contributed by atoms with Crippen LogP contribution in [-0.2, 0) is 0 Å². The van der Waals surface area contributed by atoms with Crippen molar-refractivity contribution in [1.29, 1.82) is 0 Å². The van der Waals surface area contributed by atoms with E-state index in [1.54, 1.807) is 0 Å². The van der Waals surface area contributed by atoms with Crippen LogP contribution in [0.2, 0.25) is 0 Å². The van der Waals surface area contributed by atoms with E-state index in [0.717, 1.165) is 4.47 Å². The van der Waals surface area contributed by atoms with Gasteiger partial charge in [-0.1, -0.05) is 52.3 Å². The van der Waals surface area contributed by atoms with E-state index in [1.807, 2.05) is 24.3 Å². The molecule has 0 radical (unpaired) electrons. The monoisotopic (exact) mass is 274 g/mol. The van der Waals surface area contributed by atoms with Gasteiger partial charge in [0.1, 0.15) is 0 Å². The van der Waals surface area contributed by atoms with E-state index in [0.29, 0.717) is 0 Å². The van der Waals surface area contributed by atoms with Gasteiger partial charge in [0.25, 0.3) is 0 Å². The molecule has 0 aliphatic heterocycles. The highest BCUT2D eigenvalue weighted by atomic mass is 79.9. The largest absolute Gasteiger partial charge is 0.395 e. The van der Waals surface area contributed by atoms with Crippen LogP contribution in [0.15, 0.2) is 46.9 Å². The molecule has 1 aliphatic rings. The van der Waals surface area contributed by atoms with Crippen molar-refractivity contribution in [3.63, 3.8) is 0 Å². The molecule has 0 aromatic heterocycles. The van der Waals surface area contributed by atoms with Crippen LogP contribution >= 0.6 is 15.9 Å². The Labute approximate surface area is 103 Å². The highest BCUT2D eigenvalue weighted by Gasteiger charge is 2.29. The van der Waals surface area contributed by atoms with E-state index >= 15 is 0 Å². The summed E-state index contributed by atoms with van der Waals surface area (Å²) in [4.78, 5) is 0. The van der Waals surface area contributed by atoms with Gasteiger partial charge in [0, 0.05) is 10.4 Å². The summed E-state index contributed by atoms with van der Waals surface area (Å²) in [6.45, 7) is 0.159. The second-order valence-corrected chi connectivity index (χ2v) is 4.88. The van der Waals surface area contributed by atoms with Crippen LogP contribution in [0.4, 0.5) is 0 Å². The minimum Gasteiger partial charge on any atom is -0.395 e.